The van der Waals surface area contributed by atoms with Crippen molar-refractivity contribution in [3.63, 3.8) is 0 Å². The highest BCUT2D eigenvalue weighted by molar-refractivity contribution is 5.81. The lowest BCUT2D eigenvalue weighted by molar-refractivity contribution is -0.155. The highest BCUT2D eigenvalue weighted by Crippen LogP contribution is 2.34. The van der Waals surface area contributed by atoms with Crippen LogP contribution in [0.2, 0.25) is 0 Å². The minimum Gasteiger partial charge on any atom is -0.465 e. The Hall–Kier alpha value is -0.830. The fourth-order valence-electron chi connectivity index (χ4n) is 2.50. The lowest BCUT2D eigenvalue weighted by Gasteiger charge is -2.40. The van der Waals surface area contributed by atoms with Gasteiger partial charge in [-0.2, -0.15) is 0 Å². The van der Waals surface area contributed by atoms with Crippen molar-refractivity contribution < 1.29 is 9.53 Å². The van der Waals surface area contributed by atoms with Crippen molar-refractivity contribution in [2.75, 3.05) is 13.2 Å². The van der Waals surface area contributed by atoms with Gasteiger partial charge < -0.3 is 4.74 Å². The lowest BCUT2D eigenvalue weighted by Crippen LogP contribution is -2.58. The predicted octanol–water partition coefficient (Wildman–Crippen LogP) is 2.27. The fourth-order valence-corrected chi connectivity index (χ4v) is 2.50. The van der Waals surface area contributed by atoms with E-state index in [0.29, 0.717) is 19.1 Å². The first kappa shape index (κ1) is 13.2. The Labute approximate surface area is 98.2 Å². The van der Waals surface area contributed by atoms with Crippen LogP contribution >= 0.6 is 0 Å². The van der Waals surface area contributed by atoms with Crippen molar-refractivity contribution in [2.45, 2.75) is 45.1 Å². The summed E-state index contributed by atoms with van der Waals surface area (Å²) in [6.07, 6.45) is 6.05. The first-order valence-corrected chi connectivity index (χ1v) is 6.20. The van der Waals surface area contributed by atoms with Crippen LogP contribution in [0.1, 0.15) is 39.5 Å². The van der Waals surface area contributed by atoms with E-state index < -0.39 is 5.54 Å². The van der Waals surface area contributed by atoms with Gasteiger partial charge in [-0.25, -0.2) is 0 Å². The summed E-state index contributed by atoms with van der Waals surface area (Å²) in [5.41, 5.74) is -0.484. The third-order valence-corrected chi connectivity index (χ3v) is 3.50. The Bertz CT molecular complexity index is 252. The van der Waals surface area contributed by atoms with E-state index in [4.69, 9.17) is 4.74 Å². The van der Waals surface area contributed by atoms with Crippen LogP contribution in [-0.2, 0) is 9.53 Å². The molecule has 0 aromatic heterocycles. The molecular weight excluding hydrogens is 202 g/mol. The van der Waals surface area contributed by atoms with Crippen LogP contribution in [0.4, 0.5) is 0 Å². The molecule has 0 aromatic rings. The van der Waals surface area contributed by atoms with Gasteiger partial charge >= 0.3 is 5.97 Å². The van der Waals surface area contributed by atoms with Gasteiger partial charge in [0.25, 0.3) is 0 Å². The van der Waals surface area contributed by atoms with E-state index in [0.717, 1.165) is 19.3 Å². The lowest BCUT2D eigenvalue weighted by atomic mass is 9.73. The second kappa shape index (κ2) is 6.04. The summed E-state index contributed by atoms with van der Waals surface area (Å²) < 4.78 is 5.22. The quantitative estimate of drug-likeness (QED) is 0.576. The Morgan fingerprint density at radius 2 is 2.38 bits per heavy atom. The number of carbonyl (C=O) groups is 1. The fraction of sp³-hybridized carbons (Fsp3) is 0.769. The Morgan fingerprint density at radius 1 is 1.62 bits per heavy atom. The average molecular weight is 225 g/mol. The van der Waals surface area contributed by atoms with Gasteiger partial charge in [-0.1, -0.05) is 25.8 Å². The Balaban J connectivity index is 2.80. The zero-order chi connectivity index (χ0) is 12.0. The van der Waals surface area contributed by atoms with Crippen molar-refractivity contribution in [1.29, 1.82) is 0 Å². The minimum absolute atomic E-state index is 0.0935. The molecule has 3 heteroatoms. The largest absolute Gasteiger partial charge is 0.465 e. The van der Waals surface area contributed by atoms with Gasteiger partial charge in [-0.05, 0) is 25.7 Å². The van der Waals surface area contributed by atoms with Gasteiger partial charge in [-0.3, -0.25) is 10.1 Å². The molecule has 92 valence electrons. The molecule has 1 aliphatic rings. The van der Waals surface area contributed by atoms with Gasteiger partial charge in [0.05, 0.1) is 6.61 Å². The van der Waals surface area contributed by atoms with Crippen LogP contribution < -0.4 is 5.32 Å². The molecule has 3 nitrogen and oxygen atoms in total. The SMILES string of the molecule is C=CCNC1(C(=O)OCC)CCCCC1C. The van der Waals surface area contributed by atoms with Crippen LogP contribution in [0.15, 0.2) is 12.7 Å². The van der Waals surface area contributed by atoms with Crippen molar-refractivity contribution >= 4 is 5.97 Å². The second-order valence-electron chi connectivity index (χ2n) is 4.51. The summed E-state index contributed by atoms with van der Waals surface area (Å²) in [6, 6.07) is 0. The Kier molecular flexibility index (Phi) is 5.00. The van der Waals surface area contributed by atoms with Crippen LogP contribution in [0.3, 0.4) is 0 Å². The first-order chi connectivity index (χ1) is 7.67. The molecule has 0 radical (unpaired) electrons. The number of ether oxygens (including phenoxy) is 1. The smallest absolute Gasteiger partial charge is 0.326 e. The maximum atomic E-state index is 12.1. The van der Waals surface area contributed by atoms with E-state index >= 15 is 0 Å². The van der Waals surface area contributed by atoms with Crippen LogP contribution in [0.25, 0.3) is 0 Å². The normalized spacial score (nSPS) is 29.8. The van der Waals surface area contributed by atoms with Crippen molar-refractivity contribution in [1.82, 2.24) is 5.32 Å². The number of esters is 1. The van der Waals surface area contributed by atoms with Crippen molar-refractivity contribution in [2.24, 2.45) is 5.92 Å². The average Bonchev–Trinajstić information content (AvgIpc) is 2.28. The van der Waals surface area contributed by atoms with E-state index in [2.05, 4.69) is 18.8 Å². The van der Waals surface area contributed by atoms with Crippen LogP contribution in [0, 0.1) is 5.92 Å². The molecule has 1 N–H and O–H groups in total. The topological polar surface area (TPSA) is 38.3 Å². The van der Waals surface area contributed by atoms with E-state index in [9.17, 15) is 4.79 Å². The van der Waals surface area contributed by atoms with Gasteiger partial charge in [0.15, 0.2) is 0 Å². The molecule has 2 atom stereocenters. The molecule has 0 bridgehead atoms. The van der Waals surface area contributed by atoms with Gasteiger partial charge in [0.1, 0.15) is 5.54 Å². The van der Waals surface area contributed by atoms with Gasteiger partial charge in [0, 0.05) is 6.54 Å². The number of carbonyl (C=O) groups excluding carboxylic acids is 1. The van der Waals surface area contributed by atoms with Crippen LogP contribution in [0.5, 0.6) is 0 Å². The number of nitrogens with one attached hydrogen (secondary N) is 1. The molecule has 16 heavy (non-hydrogen) atoms. The predicted molar refractivity (Wildman–Crippen MR) is 65.2 cm³/mol. The third-order valence-electron chi connectivity index (χ3n) is 3.50. The summed E-state index contributed by atoms with van der Waals surface area (Å²) in [5.74, 6) is 0.240. The summed E-state index contributed by atoms with van der Waals surface area (Å²) in [6.45, 7) is 8.78. The van der Waals surface area contributed by atoms with E-state index in [1.807, 2.05) is 6.92 Å². The zero-order valence-electron chi connectivity index (χ0n) is 10.4. The van der Waals surface area contributed by atoms with E-state index in [-0.39, 0.29) is 5.97 Å². The molecule has 0 saturated heterocycles. The summed E-state index contributed by atoms with van der Waals surface area (Å²) in [5, 5.41) is 3.33. The Morgan fingerprint density at radius 3 is 2.94 bits per heavy atom. The first-order valence-electron chi connectivity index (χ1n) is 6.20. The van der Waals surface area contributed by atoms with Gasteiger partial charge in [-0.15, -0.1) is 6.58 Å². The zero-order valence-corrected chi connectivity index (χ0v) is 10.4. The van der Waals surface area contributed by atoms with Crippen molar-refractivity contribution in [3.05, 3.63) is 12.7 Å². The molecule has 0 aromatic carbocycles. The maximum absolute atomic E-state index is 12.1. The van der Waals surface area contributed by atoms with E-state index in [1.54, 1.807) is 6.08 Å². The number of rotatable bonds is 5. The summed E-state index contributed by atoms with van der Waals surface area (Å²) in [7, 11) is 0. The minimum atomic E-state index is -0.484. The molecule has 1 rings (SSSR count). The molecule has 1 saturated carbocycles. The second-order valence-corrected chi connectivity index (χ2v) is 4.51. The molecule has 1 fully saturated rings. The number of hydrogen-bond acceptors (Lipinski definition) is 3. The molecule has 0 spiro atoms. The third kappa shape index (κ3) is 2.64. The van der Waals surface area contributed by atoms with Crippen molar-refractivity contribution in [3.8, 4) is 0 Å². The maximum Gasteiger partial charge on any atom is 0.326 e. The molecule has 2 unspecified atom stereocenters. The standard InChI is InChI=1S/C13H23NO2/c1-4-10-14-13(12(15)16-5-2)9-7-6-8-11(13)3/h4,11,14H,1,5-10H2,2-3H3. The summed E-state index contributed by atoms with van der Waals surface area (Å²) >= 11 is 0. The van der Waals surface area contributed by atoms with E-state index in [1.165, 1.54) is 6.42 Å². The highest BCUT2D eigenvalue weighted by atomic mass is 16.5. The highest BCUT2D eigenvalue weighted by Gasteiger charge is 2.45. The molecule has 0 amide bonds. The molecule has 0 aliphatic heterocycles. The van der Waals surface area contributed by atoms with Gasteiger partial charge in [0.2, 0.25) is 0 Å². The molecule has 0 heterocycles. The molecule has 1 aliphatic carbocycles. The summed E-state index contributed by atoms with van der Waals surface area (Å²) in [4.78, 5) is 12.1. The van der Waals surface area contributed by atoms with Crippen LogP contribution in [-0.4, -0.2) is 24.7 Å². The number of hydrogen-bond donors (Lipinski definition) is 1. The molecular formula is C13H23NO2. The monoisotopic (exact) mass is 225 g/mol.